The number of carboxylic acids is 1. The summed E-state index contributed by atoms with van der Waals surface area (Å²) in [5.74, 6) is -8.06. The molecule has 0 radical (unpaired) electrons. The van der Waals surface area contributed by atoms with Gasteiger partial charge in [-0.2, -0.15) is 13.8 Å². The number of nitrogens with one attached hydrogen (secondary N) is 1. The SMILES string of the molecule is CC(C)C(CCCCN1C(=O)C=CC1=O)OC(=O)/C(=C/Nc1ccn([C@@H]2O[C@H](CO)C(O)C2(F)F)c(=O)n1)C(=O)O. The van der Waals surface area contributed by atoms with Gasteiger partial charge in [0.1, 0.15) is 18.0 Å². The molecule has 2 amide bonds. The van der Waals surface area contributed by atoms with Gasteiger partial charge in [-0.1, -0.05) is 13.8 Å². The number of aliphatic hydroxyl groups is 2. The summed E-state index contributed by atoms with van der Waals surface area (Å²) in [6.07, 6.45) is -1.74. The highest BCUT2D eigenvalue weighted by molar-refractivity contribution is 6.13. The molecule has 2 aliphatic rings. The van der Waals surface area contributed by atoms with Gasteiger partial charge in [0, 0.05) is 31.1 Å². The van der Waals surface area contributed by atoms with Crippen LogP contribution in [0.4, 0.5) is 14.6 Å². The molecule has 1 fully saturated rings. The van der Waals surface area contributed by atoms with Gasteiger partial charge in [0.25, 0.3) is 11.8 Å². The maximum Gasteiger partial charge on any atom is 0.351 e. The van der Waals surface area contributed by atoms with Gasteiger partial charge in [-0.15, -0.1) is 0 Å². The predicted octanol–water partition coefficient (Wildman–Crippen LogP) is 0.173. The zero-order valence-corrected chi connectivity index (χ0v) is 22.1. The number of esters is 1. The summed E-state index contributed by atoms with van der Waals surface area (Å²) in [5.41, 5.74) is -2.08. The highest BCUT2D eigenvalue weighted by Gasteiger charge is 2.59. The molecule has 0 aliphatic carbocycles. The lowest BCUT2D eigenvalue weighted by atomic mass is 10.0. The molecule has 16 heteroatoms. The number of alkyl halides is 2. The molecule has 3 heterocycles. The number of anilines is 1. The number of amides is 2. The largest absolute Gasteiger partial charge is 0.477 e. The van der Waals surface area contributed by atoms with E-state index < -0.39 is 72.1 Å². The first-order chi connectivity index (χ1) is 19.3. The average Bonchev–Trinajstić information content (AvgIpc) is 3.34. The molecular formula is C25H30F2N4O10. The molecule has 1 saturated heterocycles. The van der Waals surface area contributed by atoms with E-state index in [9.17, 15) is 43.0 Å². The van der Waals surface area contributed by atoms with E-state index in [1.54, 1.807) is 13.8 Å². The van der Waals surface area contributed by atoms with Crippen molar-refractivity contribution in [3.8, 4) is 0 Å². The molecule has 4 N–H and O–H groups in total. The van der Waals surface area contributed by atoms with Crippen LogP contribution >= 0.6 is 0 Å². The van der Waals surface area contributed by atoms with Crippen molar-refractivity contribution in [1.29, 1.82) is 0 Å². The van der Waals surface area contributed by atoms with Crippen molar-refractivity contribution in [2.24, 2.45) is 5.92 Å². The van der Waals surface area contributed by atoms with Crippen LogP contribution in [0, 0.1) is 5.92 Å². The zero-order chi connectivity index (χ0) is 30.5. The number of carboxylic acid groups (broad SMARTS) is 1. The van der Waals surface area contributed by atoms with Crippen LogP contribution in [0.5, 0.6) is 0 Å². The van der Waals surface area contributed by atoms with Gasteiger partial charge in [-0.25, -0.2) is 14.4 Å². The number of unbranched alkanes of at least 4 members (excludes halogenated alkanes) is 1. The monoisotopic (exact) mass is 584 g/mol. The van der Waals surface area contributed by atoms with Crippen LogP contribution in [0.3, 0.4) is 0 Å². The quantitative estimate of drug-likeness (QED) is 0.0613. The van der Waals surface area contributed by atoms with Crippen LogP contribution in [0.25, 0.3) is 0 Å². The summed E-state index contributed by atoms with van der Waals surface area (Å²) in [6, 6.07) is 1.03. The minimum Gasteiger partial charge on any atom is -0.477 e. The lowest BCUT2D eigenvalue weighted by molar-refractivity contribution is -0.150. The van der Waals surface area contributed by atoms with E-state index in [-0.39, 0.29) is 18.3 Å². The second-order valence-corrected chi connectivity index (χ2v) is 9.68. The van der Waals surface area contributed by atoms with E-state index in [1.165, 1.54) is 12.2 Å². The standard InChI is InChI=1S/C25H30F2N4O10/c1-13(2)15(5-3-4-9-30-18(33)6-7-19(30)34)40-22(38)14(21(36)37)11-28-17-8-10-31(24(39)29-17)23-25(26,27)20(35)16(12-32)41-23/h6-8,10-11,13,15-16,20,23,32,35H,3-5,9,12H2,1-2H3,(H,36,37)(H,28,29,39)/b14-11+/t15?,16-,20?,23-/m1/s1. The van der Waals surface area contributed by atoms with E-state index in [1.807, 2.05) is 0 Å². The second kappa shape index (κ2) is 13.1. The number of aromatic nitrogens is 2. The third kappa shape index (κ3) is 7.20. The summed E-state index contributed by atoms with van der Waals surface area (Å²) in [7, 11) is 0. The van der Waals surface area contributed by atoms with Crippen molar-refractivity contribution < 1.29 is 52.8 Å². The number of nitrogens with zero attached hydrogens (tertiary/aromatic N) is 3. The van der Waals surface area contributed by atoms with Crippen LogP contribution in [0.1, 0.15) is 39.3 Å². The Bertz CT molecular complexity index is 1280. The third-order valence-electron chi connectivity index (χ3n) is 6.48. The number of halogens is 2. The van der Waals surface area contributed by atoms with Crippen molar-refractivity contribution in [2.75, 3.05) is 18.5 Å². The molecule has 224 valence electrons. The number of carbonyl (C=O) groups is 4. The normalized spacial score (nSPS) is 22.9. The molecule has 3 rings (SSSR count). The molecule has 2 unspecified atom stereocenters. The molecule has 1 aromatic heterocycles. The van der Waals surface area contributed by atoms with E-state index in [2.05, 4.69) is 10.3 Å². The Kier molecular flexibility index (Phi) is 10.1. The van der Waals surface area contributed by atoms with Crippen molar-refractivity contribution in [1.82, 2.24) is 14.5 Å². The first-order valence-electron chi connectivity index (χ1n) is 12.6. The van der Waals surface area contributed by atoms with E-state index >= 15 is 0 Å². The highest BCUT2D eigenvalue weighted by atomic mass is 19.3. The van der Waals surface area contributed by atoms with Crippen LogP contribution in [0.2, 0.25) is 0 Å². The van der Waals surface area contributed by atoms with Crippen LogP contribution in [0.15, 0.2) is 41.0 Å². The summed E-state index contributed by atoms with van der Waals surface area (Å²) in [6.45, 7) is 2.79. The van der Waals surface area contributed by atoms with Crippen LogP contribution in [-0.4, -0.2) is 90.9 Å². The first kappa shape index (κ1) is 31.5. The predicted molar refractivity (Wildman–Crippen MR) is 134 cm³/mol. The first-order valence-corrected chi connectivity index (χ1v) is 12.6. The maximum absolute atomic E-state index is 14.4. The van der Waals surface area contributed by atoms with Crippen LogP contribution in [-0.2, 0) is 28.7 Å². The number of hydrogen-bond donors (Lipinski definition) is 4. The molecule has 0 bridgehead atoms. The Morgan fingerprint density at radius 1 is 1.22 bits per heavy atom. The summed E-state index contributed by atoms with van der Waals surface area (Å²) in [5, 5.41) is 30.6. The molecule has 14 nitrogen and oxygen atoms in total. The van der Waals surface area contributed by atoms with Crippen LogP contribution < -0.4 is 11.0 Å². The number of aliphatic carboxylic acids is 1. The number of hydrogen-bond acceptors (Lipinski definition) is 11. The number of imide groups is 1. The van der Waals surface area contributed by atoms with Gasteiger partial charge in [-0.3, -0.25) is 19.1 Å². The van der Waals surface area contributed by atoms with Gasteiger partial charge in [0.05, 0.1) is 6.61 Å². The zero-order valence-electron chi connectivity index (χ0n) is 22.1. The summed E-state index contributed by atoms with van der Waals surface area (Å²) >= 11 is 0. The molecule has 4 atom stereocenters. The van der Waals surface area contributed by atoms with Crippen molar-refractivity contribution in [2.45, 2.75) is 63.6 Å². The summed E-state index contributed by atoms with van der Waals surface area (Å²) in [4.78, 5) is 64.6. The third-order valence-corrected chi connectivity index (χ3v) is 6.48. The fraction of sp³-hybridized carbons (Fsp3) is 0.520. The smallest absolute Gasteiger partial charge is 0.351 e. The Labute approximate surface area is 231 Å². The van der Waals surface area contributed by atoms with Gasteiger partial charge >= 0.3 is 23.6 Å². The average molecular weight is 585 g/mol. The minimum absolute atomic E-state index is 0.187. The lowest BCUT2D eigenvalue weighted by Gasteiger charge is -2.22. The number of ether oxygens (including phenoxy) is 2. The Morgan fingerprint density at radius 3 is 2.41 bits per heavy atom. The fourth-order valence-electron chi connectivity index (χ4n) is 4.14. The Hall–Kier alpha value is -4.02. The molecule has 41 heavy (non-hydrogen) atoms. The van der Waals surface area contributed by atoms with E-state index in [0.29, 0.717) is 23.8 Å². The second-order valence-electron chi connectivity index (χ2n) is 9.68. The number of carbonyl (C=O) groups excluding carboxylic acids is 3. The van der Waals surface area contributed by atoms with Gasteiger partial charge in [-0.05, 0) is 31.2 Å². The molecule has 0 aromatic carbocycles. The van der Waals surface area contributed by atoms with E-state index in [4.69, 9.17) is 14.6 Å². The Morgan fingerprint density at radius 2 is 1.88 bits per heavy atom. The van der Waals surface area contributed by atoms with Crippen molar-refractivity contribution in [3.63, 3.8) is 0 Å². The molecule has 1 aromatic rings. The fourth-order valence-corrected chi connectivity index (χ4v) is 4.14. The number of rotatable bonds is 13. The molecule has 2 aliphatic heterocycles. The molecular weight excluding hydrogens is 554 g/mol. The lowest BCUT2D eigenvalue weighted by Crippen LogP contribution is -2.41. The Balaban J connectivity index is 1.63. The molecule has 0 saturated carbocycles. The van der Waals surface area contributed by atoms with Crippen molar-refractivity contribution in [3.05, 3.63) is 46.7 Å². The topological polar surface area (TPSA) is 198 Å². The van der Waals surface area contributed by atoms with Gasteiger partial charge < -0.3 is 30.1 Å². The van der Waals surface area contributed by atoms with Crippen molar-refractivity contribution >= 4 is 29.6 Å². The van der Waals surface area contributed by atoms with E-state index in [0.717, 1.165) is 23.4 Å². The summed E-state index contributed by atoms with van der Waals surface area (Å²) < 4.78 is 39.4. The highest BCUT2D eigenvalue weighted by Crippen LogP contribution is 2.42. The van der Waals surface area contributed by atoms with Gasteiger partial charge in [0.15, 0.2) is 11.7 Å². The molecule has 0 spiro atoms. The van der Waals surface area contributed by atoms with Gasteiger partial charge in [0.2, 0.25) is 6.23 Å². The number of aliphatic hydroxyl groups excluding tert-OH is 2. The maximum atomic E-state index is 14.4. The minimum atomic E-state index is -3.92.